The summed E-state index contributed by atoms with van der Waals surface area (Å²) in [5, 5.41) is 57.4. The smallest absolute Gasteiger partial charge is 0.302 e. The summed E-state index contributed by atoms with van der Waals surface area (Å²) in [5.41, 5.74) is 6.50. The molecule has 1 aromatic carbocycles. The van der Waals surface area contributed by atoms with Crippen molar-refractivity contribution in [3.63, 3.8) is 0 Å². The molecule has 1 aromatic rings. The van der Waals surface area contributed by atoms with Gasteiger partial charge < -0.3 is 51.6 Å². The maximum absolute atomic E-state index is 13.0. The van der Waals surface area contributed by atoms with Crippen LogP contribution >= 0.6 is 21.6 Å². The van der Waals surface area contributed by atoms with Crippen LogP contribution < -0.4 is 26.4 Å². The van der Waals surface area contributed by atoms with E-state index in [9.17, 15) is 25.2 Å². The summed E-state index contributed by atoms with van der Waals surface area (Å²) in [5.74, 6) is 14.9. The van der Waals surface area contributed by atoms with Crippen LogP contribution in [0.4, 0.5) is 0 Å². The molecule has 3 spiro atoms. The van der Waals surface area contributed by atoms with E-state index in [0.29, 0.717) is 75.3 Å². The van der Waals surface area contributed by atoms with E-state index in [1.807, 2.05) is 39.8 Å². The first-order valence-corrected chi connectivity index (χ1v) is 24.6. The average molecular weight is 862 g/mol. The quantitative estimate of drug-likeness (QED) is 0.0921. The number of piperidine rings is 1. The van der Waals surface area contributed by atoms with Crippen molar-refractivity contribution in [3.05, 3.63) is 35.4 Å². The molecule has 8 bridgehead atoms. The zero-order chi connectivity index (χ0) is 41.9. The van der Waals surface area contributed by atoms with E-state index in [0.717, 1.165) is 50.0 Å². The van der Waals surface area contributed by atoms with Gasteiger partial charge in [-0.3, -0.25) is 4.79 Å². The summed E-state index contributed by atoms with van der Waals surface area (Å²) in [6.07, 6.45) is 10.9. The van der Waals surface area contributed by atoms with Gasteiger partial charge in [-0.1, -0.05) is 76.7 Å². The number of aliphatic hydroxyl groups is 3. The van der Waals surface area contributed by atoms with Gasteiger partial charge in [-0.15, -0.1) is 0 Å². The summed E-state index contributed by atoms with van der Waals surface area (Å²) < 4.78 is 12.9. The summed E-state index contributed by atoms with van der Waals surface area (Å²) in [6, 6.07) is 2.82. The number of rotatable bonds is 2. The van der Waals surface area contributed by atoms with Gasteiger partial charge in [0.2, 0.25) is 0 Å². The molecule has 0 aromatic heterocycles. The highest BCUT2D eigenvalue weighted by atomic mass is 33.1. The number of guanidine groups is 1. The van der Waals surface area contributed by atoms with E-state index in [1.54, 1.807) is 6.07 Å². The Morgan fingerprint density at radius 3 is 2.75 bits per heavy atom. The Balaban J connectivity index is 1.34. The van der Waals surface area contributed by atoms with Crippen molar-refractivity contribution in [2.75, 3.05) is 25.4 Å². The van der Waals surface area contributed by atoms with Gasteiger partial charge in [0.25, 0.3) is 0 Å². The number of benzene rings is 1. The number of ether oxygens (including phenoxy) is 2. The van der Waals surface area contributed by atoms with Crippen molar-refractivity contribution >= 4 is 33.5 Å². The number of carbonyl (C=O) groups excluding carboxylic acids is 1. The highest BCUT2D eigenvalue weighted by Gasteiger charge is 2.48. The molecule has 12 nitrogen and oxygen atoms in total. The lowest BCUT2D eigenvalue weighted by molar-refractivity contribution is -0.152. The van der Waals surface area contributed by atoms with Gasteiger partial charge in [0.05, 0.1) is 35.5 Å². The lowest BCUT2D eigenvalue weighted by Crippen LogP contribution is -2.59. The number of aromatic hydroxyl groups is 1. The van der Waals surface area contributed by atoms with Gasteiger partial charge >= 0.3 is 5.97 Å². The monoisotopic (exact) mass is 861 g/mol. The molecule has 7 aliphatic rings. The van der Waals surface area contributed by atoms with E-state index in [4.69, 9.17) is 20.2 Å². The number of nitrogens with zero attached hydrogens (tertiary/aromatic N) is 1. The van der Waals surface area contributed by atoms with Crippen LogP contribution in [0.25, 0.3) is 0 Å². The molecule has 0 amide bonds. The van der Waals surface area contributed by atoms with Crippen molar-refractivity contribution in [1.82, 2.24) is 16.0 Å². The third-order valence-corrected chi connectivity index (χ3v) is 17.0. The maximum atomic E-state index is 13.0. The second-order valence-corrected chi connectivity index (χ2v) is 21.1. The Kier molecular flexibility index (Phi) is 13.6. The topological polar surface area (TPSA) is 191 Å². The highest BCUT2D eigenvalue weighted by molar-refractivity contribution is 8.77. The van der Waals surface area contributed by atoms with Crippen LogP contribution in [0.3, 0.4) is 0 Å². The molecule has 4 heterocycles. The zero-order valence-electron chi connectivity index (χ0n) is 34.8. The number of hydrogen-bond acceptors (Lipinski definition) is 14. The lowest BCUT2D eigenvalue weighted by Gasteiger charge is -2.44. The maximum Gasteiger partial charge on any atom is 0.302 e. The van der Waals surface area contributed by atoms with Gasteiger partial charge in [0, 0.05) is 67.4 Å². The molecule has 1 saturated carbocycles. The molecule has 326 valence electrons. The Hall–Kier alpha value is -3.08. The molecule has 4 aliphatic heterocycles. The van der Waals surface area contributed by atoms with Crippen LogP contribution in [0.1, 0.15) is 102 Å². The van der Waals surface area contributed by atoms with Crippen molar-refractivity contribution in [2.45, 2.75) is 150 Å². The van der Waals surface area contributed by atoms with E-state index < -0.39 is 47.6 Å². The Morgan fingerprint density at radius 2 is 1.93 bits per heavy atom. The van der Waals surface area contributed by atoms with Gasteiger partial charge in [0.15, 0.2) is 17.5 Å². The molecular weight excluding hydrogens is 799 g/mol. The number of aliphatic hydroxyl groups excluding tert-OH is 3. The van der Waals surface area contributed by atoms with Gasteiger partial charge in [-0.05, 0) is 87.6 Å². The highest BCUT2D eigenvalue weighted by Crippen LogP contribution is 2.45. The standard InChI is InChI=1S/C46H63N5O7S2/c1-29(53)57-39-22-34(54)11-16-46-15-10-31-18-30-8-9-36(60-59-28-44(13-3-2-4-14-44)51-43(47)50-41(46)6-5-7-42(46)56)25-48-27-45(23-30)24-35(12-17-49-45)58-40-21-32(19-37(31)39)33(26-52)20-38(40)55/h5-6,20-21,30-31,34-37,39,41-42,48-49,52,54-56H,2-4,7,11-14,16-19,22-28H2,1H3,(H3,47,50,51). The molecule has 9 N–H and O–H groups in total. The molecule has 14 heteroatoms. The van der Waals surface area contributed by atoms with Crippen LogP contribution in [0.5, 0.6) is 11.5 Å². The average Bonchev–Trinajstić information content (AvgIpc) is 3.28. The lowest BCUT2D eigenvalue weighted by atomic mass is 9.66. The number of hydrogen-bond donors (Lipinski definition) is 8. The van der Waals surface area contributed by atoms with Crippen molar-refractivity contribution in [1.29, 1.82) is 0 Å². The van der Waals surface area contributed by atoms with Crippen LogP contribution in [0.2, 0.25) is 0 Å². The van der Waals surface area contributed by atoms with Gasteiger partial charge in [-0.25, -0.2) is 4.99 Å². The van der Waals surface area contributed by atoms with Crippen molar-refractivity contribution in [3.8, 4) is 35.2 Å². The first-order valence-electron chi connectivity index (χ1n) is 22.2. The normalized spacial score (nSPS) is 37.9. The minimum atomic E-state index is -1.06. The number of esters is 1. The zero-order valence-corrected chi connectivity index (χ0v) is 36.4. The van der Waals surface area contributed by atoms with Crippen LogP contribution in [0.15, 0.2) is 29.3 Å². The van der Waals surface area contributed by atoms with Crippen LogP contribution in [0, 0.1) is 46.9 Å². The molecule has 60 heavy (non-hydrogen) atoms. The fourth-order valence-electron chi connectivity index (χ4n) is 11.1. The fourth-order valence-corrected chi connectivity index (χ4v) is 13.9. The number of phenolic OH excluding ortho intramolecular Hbond substituents is 1. The second kappa shape index (κ2) is 18.7. The third-order valence-electron chi connectivity index (χ3n) is 14.2. The molecule has 3 aliphatic carbocycles. The van der Waals surface area contributed by atoms with Crippen molar-refractivity contribution in [2.24, 2.45) is 33.9 Å². The third kappa shape index (κ3) is 9.76. The van der Waals surface area contributed by atoms with E-state index >= 15 is 0 Å². The van der Waals surface area contributed by atoms with E-state index in [-0.39, 0.29) is 47.1 Å². The molecule has 1 saturated heterocycles. The number of nitrogens with one attached hydrogen (secondary N) is 3. The number of nitrogens with two attached hydrogens (primary N) is 1. The molecule has 0 radical (unpaired) electrons. The summed E-state index contributed by atoms with van der Waals surface area (Å²) in [6.45, 7) is 3.20. The van der Waals surface area contributed by atoms with Crippen LogP contribution in [-0.4, -0.2) is 105 Å². The summed E-state index contributed by atoms with van der Waals surface area (Å²) in [7, 11) is 3.65. The summed E-state index contributed by atoms with van der Waals surface area (Å²) in [4.78, 5) is 18.1. The predicted molar refractivity (Wildman–Crippen MR) is 236 cm³/mol. The second-order valence-electron chi connectivity index (χ2n) is 18.6. The minimum Gasteiger partial charge on any atom is -0.504 e. The Bertz CT molecular complexity index is 1920. The molecular formula is C46H63N5O7S2. The summed E-state index contributed by atoms with van der Waals surface area (Å²) >= 11 is 0. The molecule has 2 fully saturated rings. The predicted octanol–water partition coefficient (Wildman–Crippen LogP) is 4.07. The largest absolute Gasteiger partial charge is 0.504 e. The Morgan fingerprint density at radius 1 is 1.08 bits per heavy atom. The molecule has 8 rings (SSSR count). The SMILES string of the molecule is CC(=O)OC1CC(O)CCC23C#CC4CC5C#CC(CNCC6(C5)CC(CCN6)Oc5cc(c(CO)cc5O)CC41)SSCC1(CCCCC1)NC(N)=NC2C=CCC3O. The first kappa shape index (κ1) is 43.6. The van der Waals surface area contributed by atoms with Crippen molar-refractivity contribution < 1.29 is 34.7 Å². The molecule has 11 atom stereocenters. The number of aliphatic imine (C=N–C) groups is 1. The van der Waals surface area contributed by atoms with E-state index in [2.05, 4.69) is 39.6 Å². The fraction of sp³-hybridized carbons (Fsp3) is 0.696. The van der Waals surface area contributed by atoms with Crippen LogP contribution in [-0.2, 0) is 22.6 Å². The molecule has 11 unspecified atom stereocenters. The van der Waals surface area contributed by atoms with Gasteiger partial charge in [0.1, 0.15) is 12.2 Å². The minimum absolute atomic E-state index is 0.00895. The number of carbonyl (C=O) groups is 1. The number of phenols is 1. The van der Waals surface area contributed by atoms with E-state index in [1.165, 1.54) is 13.3 Å². The Labute approximate surface area is 362 Å². The van der Waals surface area contributed by atoms with Gasteiger partial charge in [-0.2, -0.15) is 0 Å². The first-order chi connectivity index (χ1) is 29.0. The number of fused-ring (bicyclic) bond motifs is 4.